The number of carbonyl (C=O) groups excluding carboxylic acids is 1. The van der Waals surface area contributed by atoms with E-state index in [9.17, 15) is 9.59 Å². The van der Waals surface area contributed by atoms with Crippen molar-refractivity contribution in [2.75, 3.05) is 0 Å². The van der Waals surface area contributed by atoms with Gasteiger partial charge in [-0.1, -0.05) is 30.7 Å². The van der Waals surface area contributed by atoms with Gasteiger partial charge in [0.25, 0.3) is 0 Å². The Morgan fingerprint density at radius 2 is 2.11 bits per heavy atom. The van der Waals surface area contributed by atoms with Crippen LogP contribution in [0.4, 0.5) is 0 Å². The van der Waals surface area contributed by atoms with E-state index in [1.807, 2.05) is 13.0 Å². The predicted molar refractivity (Wildman–Crippen MR) is 74.2 cm³/mol. The molecule has 1 rings (SSSR count). The van der Waals surface area contributed by atoms with E-state index >= 15 is 0 Å². The lowest BCUT2D eigenvalue weighted by atomic mass is 9.94. The molecule has 0 aliphatic heterocycles. The molecular formula is C14H18ClNO3. The van der Waals surface area contributed by atoms with Crippen molar-refractivity contribution in [2.24, 2.45) is 11.7 Å². The van der Waals surface area contributed by atoms with E-state index in [1.54, 1.807) is 18.2 Å². The number of carboxylic acid groups (broad SMARTS) is 1. The summed E-state index contributed by atoms with van der Waals surface area (Å²) >= 11 is 5.84. The molecule has 3 N–H and O–H groups in total. The number of carbonyl (C=O) groups is 2. The smallest absolute Gasteiger partial charge is 0.320 e. The molecule has 19 heavy (non-hydrogen) atoms. The Hall–Kier alpha value is -1.39. The molecule has 0 aliphatic carbocycles. The van der Waals surface area contributed by atoms with Crippen molar-refractivity contribution in [1.82, 2.24) is 0 Å². The zero-order valence-corrected chi connectivity index (χ0v) is 11.6. The summed E-state index contributed by atoms with van der Waals surface area (Å²) in [6.07, 6.45) is 0.942. The fourth-order valence-electron chi connectivity index (χ4n) is 1.95. The average Bonchev–Trinajstić information content (AvgIpc) is 2.27. The molecule has 5 heteroatoms. The quantitative estimate of drug-likeness (QED) is 0.804. The predicted octanol–water partition coefficient (Wildman–Crippen LogP) is 2.28. The van der Waals surface area contributed by atoms with E-state index in [0.717, 1.165) is 5.56 Å². The molecule has 0 amide bonds. The molecule has 0 radical (unpaired) electrons. The number of nitrogens with two attached hydrogens (primary N) is 1. The zero-order chi connectivity index (χ0) is 14.4. The second-order valence-corrected chi connectivity index (χ2v) is 5.27. The van der Waals surface area contributed by atoms with Crippen LogP contribution in [0.5, 0.6) is 0 Å². The van der Waals surface area contributed by atoms with Crippen LogP contribution in [-0.4, -0.2) is 22.9 Å². The van der Waals surface area contributed by atoms with Crippen molar-refractivity contribution < 1.29 is 14.7 Å². The number of rotatable bonds is 7. The molecule has 0 saturated heterocycles. The highest BCUT2D eigenvalue weighted by atomic mass is 35.5. The lowest BCUT2D eigenvalue weighted by Gasteiger charge is -2.13. The molecule has 0 saturated carbocycles. The number of hydrogen-bond acceptors (Lipinski definition) is 3. The SMILES string of the molecule is CC(CC(=O)Cc1cccc(Cl)c1)C[C@H](N)C(=O)O. The summed E-state index contributed by atoms with van der Waals surface area (Å²) in [6, 6.07) is 6.25. The van der Waals surface area contributed by atoms with Crippen LogP contribution in [0.15, 0.2) is 24.3 Å². The molecule has 0 aromatic heterocycles. The number of carboxylic acids is 1. The molecule has 0 fully saturated rings. The van der Waals surface area contributed by atoms with Gasteiger partial charge in [-0.25, -0.2) is 0 Å². The van der Waals surface area contributed by atoms with E-state index < -0.39 is 12.0 Å². The van der Waals surface area contributed by atoms with Crippen LogP contribution in [0.2, 0.25) is 5.02 Å². The Kier molecular flexibility index (Phi) is 5.99. The van der Waals surface area contributed by atoms with Crippen LogP contribution < -0.4 is 5.73 Å². The number of benzene rings is 1. The Labute approximate surface area is 117 Å². The third-order valence-corrected chi connectivity index (χ3v) is 3.08. The minimum atomic E-state index is -1.03. The first kappa shape index (κ1) is 15.7. The summed E-state index contributed by atoms with van der Waals surface area (Å²) in [5.74, 6) is -1.01. The second-order valence-electron chi connectivity index (χ2n) is 4.84. The minimum absolute atomic E-state index is 0.0437. The Morgan fingerprint density at radius 3 is 2.68 bits per heavy atom. The van der Waals surface area contributed by atoms with Crippen molar-refractivity contribution in [3.05, 3.63) is 34.9 Å². The summed E-state index contributed by atoms with van der Waals surface area (Å²) in [5.41, 5.74) is 6.31. The van der Waals surface area contributed by atoms with Gasteiger partial charge in [0.15, 0.2) is 0 Å². The fraction of sp³-hybridized carbons (Fsp3) is 0.429. The first-order valence-electron chi connectivity index (χ1n) is 6.13. The van der Waals surface area contributed by atoms with Crippen molar-refractivity contribution in [3.8, 4) is 0 Å². The fourth-order valence-corrected chi connectivity index (χ4v) is 2.17. The zero-order valence-electron chi connectivity index (χ0n) is 10.8. The summed E-state index contributed by atoms with van der Waals surface area (Å²) in [4.78, 5) is 22.5. The van der Waals surface area contributed by atoms with Crippen LogP contribution >= 0.6 is 11.6 Å². The van der Waals surface area contributed by atoms with Gasteiger partial charge < -0.3 is 10.8 Å². The Bertz CT molecular complexity index is 462. The molecule has 1 aromatic rings. The van der Waals surface area contributed by atoms with Crippen molar-refractivity contribution in [3.63, 3.8) is 0 Å². The molecule has 0 bridgehead atoms. The monoisotopic (exact) mass is 283 g/mol. The molecule has 4 nitrogen and oxygen atoms in total. The lowest BCUT2D eigenvalue weighted by Crippen LogP contribution is -2.32. The molecule has 0 heterocycles. The number of Topliss-reactive ketones (excluding diaryl/α,β-unsaturated/α-hetero) is 1. The van der Waals surface area contributed by atoms with Gasteiger partial charge in [0.1, 0.15) is 11.8 Å². The normalized spacial score (nSPS) is 13.8. The van der Waals surface area contributed by atoms with Crippen molar-refractivity contribution >= 4 is 23.4 Å². The molecular weight excluding hydrogens is 266 g/mol. The number of aliphatic carboxylic acids is 1. The summed E-state index contributed by atoms with van der Waals surface area (Å²) in [7, 11) is 0. The van der Waals surface area contributed by atoms with Gasteiger partial charge in [0, 0.05) is 17.9 Å². The molecule has 0 spiro atoms. The maximum Gasteiger partial charge on any atom is 0.320 e. The minimum Gasteiger partial charge on any atom is -0.480 e. The molecule has 1 aromatic carbocycles. The largest absolute Gasteiger partial charge is 0.480 e. The van der Waals surface area contributed by atoms with Crippen LogP contribution in [0.3, 0.4) is 0 Å². The number of ketones is 1. The van der Waals surface area contributed by atoms with Gasteiger partial charge in [0.2, 0.25) is 0 Å². The first-order chi connectivity index (χ1) is 8.88. The third-order valence-electron chi connectivity index (χ3n) is 2.84. The van der Waals surface area contributed by atoms with Crippen LogP contribution in [0.1, 0.15) is 25.3 Å². The van der Waals surface area contributed by atoms with Gasteiger partial charge in [-0.05, 0) is 30.0 Å². The number of hydrogen-bond donors (Lipinski definition) is 2. The first-order valence-corrected chi connectivity index (χ1v) is 6.50. The van der Waals surface area contributed by atoms with Gasteiger partial charge in [-0.2, -0.15) is 0 Å². The van der Waals surface area contributed by atoms with Gasteiger partial charge in [0.05, 0.1) is 0 Å². The second kappa shape index (κ2) is 7.26. The van der Waals surface area contributed by atoms with Crippen molar-refractivity contribution in [2.45, 2.75) is 32.2 Å². The Morgan fingerprint density at radius 1 is 1.42 bits per heavy atom. The van der Waals surface area contributed by atoms with E-state index in [0.29, 0.717) is 24.3 Å². The number of halogens is 1. The van der Waals surface area contributed by atoms with E-state index in [-0.39, 0.29) is 11.7 Å². The summed E-state index contributed by atoms with van der Waals surface area (Å²) < 4.78 is 0. The molecule has 2 atom stereocenters. The third kappa shape index (κ3) is 5.85. The highest BCUT2D eigenvalue weighted by Gasteiger charge is 2.18. The van der Waals surface area contributed by atoms with Gasteiger partial charge in [-0.3, -0.25) is 9.59 Å². The maximum atomic E-state index is 11.9. The van der Waals surface area contributed by atoms with E-state index in [2.05, 4.69) is 0 Å². The lowest BCUT2D eigenvalue weighted by molar-refractivity contribution is -0.139. The molecule has 1 unspecified atom stereocenters. The molecule has 0 aliphatic rings. The van der Waals surface area contributed by atoms with Gasteiger partial charge >= 0.3 is 5.97 Å². The van der Waals surface area contributed by atoms with Gasteiger partial charge in [-0.15, -0.1) is 0 Å². The summed E-state index contributed by atoms with van der Waals surface area (Å²) in [6.45, 7) is 1.83. The summed E-state index contributed by atoms with van der Waals surface area (Å²) in [5, 5.41) is 9.31. The average molecular weight is 284 g/mol. The van der Waals surface area contributed by atoms with Crippen LogP contribution in [-0.2, 0) is 16.0 Å². The van der Waals surface area contributed by atoms with Crippen molar-refractivity contribution in [1.29, 1.82) is 0 Å². The van der Waals surface area contributed by atoms with E-state index in [1.165, 1.54) is 0 Å². The van der Waals surface area contributed by atoms with E-state index in [4.69, 9.17) is 22.4 Å². The topological polar surface area (TPSA) is 80.4 Å². The standard InChI is InChI=1S/C14H18ClNO3/c1-9(6-13(16)14(18)19)5-12(17)8-10-3-2-4-11(15)7-10/h2-4,7,9,13H,5-6,8,16H2,1H3,(H,18,19)/t9?,13-/m0/s1. The van der Waals surface area contributed by atoms with Crippen LogP contribution in [0, 0.1) is 5.92 Å². The maximum absolute atomic E-state index is 11.9. The highest BCUT2D eigenvalue weighted by Crippen LogP contribution is 2.15. The highest BCUT2D eigenvalue weighted by molar-refractivity contribution is 6.30. The van der Waals surface area contributed by atoms with Crippen LogP contribution in [0.25, 0.3) is 0 Å². The Balaban J connectivity index is 2.45. The molecule has 104 valence electrons.